The molecule has 0 atom stereocenters. The van der Waals surface area contributed by atoms with E-state index in [-0.39, 0.29) is 0 Å². The summed E-state index contributed by atoms with van der Waals surface area (Å²) in [5, 5.41) is 6.78. The Balaban J connectivity index is 1.46. The summed E-state index contributed by atoms with van der Waals surface area (Å²) >= 11 is 0. The molecule has 134 valence electrons. The SMILES string of the molecule is CN=C(NCCCOCC1CC1)NCCN(C)C1CCCCC1. The average molecular weight is 325 g/mol. The van der Waals surface area contributed by atoms with Gasteiger partial charge in [-0.1, -0.05) is 19.3 Å². The molecule has 0 radical (unpaired) electrons. The Morgan fingerprint density at radius 3 is 2.52 bits per heavy atom. The maximum Gasteiger partial charge on any atom is 0.191 e. The van der Waals surface area contributed by atoms with Crippen LogP contribution in [0.2, 0.25) is 0 Å². The summed E-state index contributed by atoms with van der Waals surface area (Å²) in [6.45, 7) is 4.76. The van der Waals surface area contributed by atoms with Gasteiger partial charge >= 0.3 is 0 Å². The number of rotatable bonds is 10. The summed E-state index contributed by atoms with van der Waals surface area (Å²) in [5.74, 6) is 1.77. The van der Waals surface area contributed by atoms with Crippen LogP contribution in [-0.4, -0.2) is 63.8 Å². The smallest absolute Gasteiger partial charge is 0.191 e. The van der Waals surface area contributed by atoms with Gasteiger partial charge in [0.1, 0.15) is 0 Å². The fourth-order valence-corrected chi connectivity index (χ4v) is 3.19. The summed E-state index contributed by atoms with van der Waals surface area (Å²) in [5.41, 5.74) is 0. The van der Waals surface area contributed by atoms with Crippen LogP contribution in [0, 0.1) is 5.92 Å². The van der Waals surface area contributed by atoms with Gasteiger partial charge in [0.25, 0.3) is 0 Å². The molecule has 23 heavy (non-hydrogen) atoms. The van der Waals surface area contributed by atoms with E-state index in [1.807, 2.05) is 7.05 Å². The van der Waals surface area contributed by atoms with Gasteiger partial charge in [0.2, 0.25) is 0 Å². The fraction of sp³-hybridized carbons (Fsp3) is 0.944. The highest BCUT2D eigenvalue weighted by Gasteiger charge is 2.20. The van der Waals surface area contributed by atoms with Crippen molar-refractivity contribution in [3.05, 3.63) is 0 Å². The van der Waals surface area contributed by atoms with Gasteiger partial charge in [0.05, 0.1) is 0 Å². The van der Waals surface area contributed by atoms with Crippen LogP contribution in [0.25, 0.3) is 0 Å². The van der Waals surface area contributed by atoms with Crippen molar-refractivity contribution < 1.29 is 4.74 Å². The molecule has 2 rings (SSSR count). The largest absolute Gasteiger partial charge is 0.381 e. The molecule has 2 saturated carbocycles. The first kappa shape index (κ1) is 18.5. The van der Waals surface area contributed by atoms with E-state index < -0.39 is 0 Å². The molecule has 2 aliphatic rings. The minimum Gasteiger partial charge on any atom is -0.381 e. The van der Waals surface area contributed by atoms with Gasteiger partial charge in [-0.15, -0.1) is 0 Å². The van der Waals surface area contributed by atoms with E-state index in [4.69, 9.17) is 4.74 Å². The van der Waals surface area contributed by atoms with Crippen LogP contribution in [0.3, 0.4) is 0 Å². The number of ether oxygens (including phenoxy) is 1. The summed E-state index contributed by atoms with van der Waals surface area (Å²) in [4.78, 5) is 6.79. The zero-order valence-corrected chi connectivity index (χ0v) is 15.1. The zero-order valence-electron chi connectivity index (χ0n) is 15.1. The molecule has 5 heteroatoms. The minimum absolute atomic E-state index is 0.782. The summed E-state index contributed by atoms with van der Waals surface area (Å²) in [6, 6.07) is 0.782. The Hall–Kier alpha value is -0.810. The third-order valence-electron chi connectivity index (χ3n) is 4.99. The Bertz CT molecular complexity index is 338. The average Bonchev–Trinajstić information content (AvgIpc) is 3.41. The molecule has 0 saturated heterocycles. The number of nitrogens with one attached hydrogen (secondary N) is 2. The van der Waals surface area contributed by atoms with Gasteiger partial charge in [0.15, 0.2) is 5.96 Å². The first-order valence-electron chi connectivity index (χ1n) is 9.52. The van der Waals surface area contributed by atoms with Crippen LogP contribution in [-0.2, 0) is 4.74 Å². The summed E-state index contributed by atoms with van der Waals surface area (Å²) in [6.07, 6.45) is 10.7. The molecule has 0 aromatic rings. The van der Waals surface area contributed by atoms with Crippen molar-refractivity contribution in [2.45, 2.75) is 57.4 Å². The lowest BCUT2D eigenvalue weighted by atomic mass is 9.94. The second kappa shape index (κ2) is 10.9. The molecule has 5 nitrogen and oxygen atoms in total. The third kappa shape index (κ3) is 8.02. The van der Waals surface area contributed by atoms with Crippen LogP contribution < -0.4 is 10.6 Å². The fourth-order valence-electron chi connectivity index (χ4n) is 3.19. The number of aliphatic imine (C=N–C) groups is 1. The molecular formula is C18H36N4O. The van der Waals surface area contributed by atoms with E-state index in [9.17, 15) is 0 Å². The maximum atomic E-state index is 5.65. The number of likely N-dealkylation sites (N-methyl/N-ethyl adjacent to an activating group) is 1. The van der Waals surface area contributed by atoms with Gasteiger partial charge in [-0.25, -0.2) is 0 Å². The molecule has 0 aliphatic heterocycles. The van der Waals surface area contributed by atoms with Crippen molar-refractivity contribution in [3.8, 4) is 0 Å². The first-order valence-corrected chi connectivity index (χ1v) is 9.52. The van der Waals surface area contributed by atoms with E-state index in [2.05, 4.69) is 27.6 Å². The molecule has 0 unspecified atom stereocenters. The molecule has 2 fully saturated rings. The van der Waals surface area contributed by atoms with E-state index in [1.54, 1.807) is 0 Å². The molecule has 2 N–H and O–H groups in total. The van der Waals surface area contributed by atoms with Crippen LogP contribution in [0.4, 0.5) is 0 Å². The molecule has 0 aromatic heterocycles. The highest BCUT2D eigenvalue weighted by molar-refractivity contribution is 5.79. The van der Waals surface area contributed by atoms with Gasteiger partial charge < -0.3 is 20.3 Å². The van der Waals surface area contributed by atoms with Crippen molar-refractivity contribution >= 4 is 5.96 Å². The third-order valence-corrected chi connectivity index (χ3v) is 4.99. The van der Waals surface area contributed by atoms with E-state index in [0.29, 0.717) is 0 Å². The quantitative estimate of drug-likeness (QED) is 0.368. The first-order chi connectivity index (χ1) is 11.3. The summed E-state index contributed by atoms with van der Waals surface area (Å²) < 4.78 is 5.65. The number of hydrogen-bond acceptors (Lipinski definition) is 3. The van der Waals surface area contributed by atoms with Gasteiger partial charge in [-0.2, -0.15) is 0 Å². The van der Waals surface area contributed by atoms with Gasteiger partial charge in [-0.3, -0.25) is 4.99 Å². The van der Waals surface area contributed by atoms with Crippen LogP contribution in [0.1, 0.15) is 51.4 Å². The normalized spacial score (nSPS) is 20.0. The number of nitrogens with zero attached hydrogens (tertiary/aromatic N) is 2. The van der Waals surface area contributed by atoms with Crippen molar-refractivity contribution in [1.82, 2.24) is 15.5 Å². The lowest BCUT2D eigenvalue weighted by Gasteiger charge is -2.31. The second-order valence-electron chi connectivity index (χ2n) is 7.07. The van der Waals surface area contributed by atoms with Crippen molar-refractivity contribution in [3.63, 3.8) is 0 Å². The van der Waals surface area contributed by atoms with E-state index in [0.717, 1.165) is 57.2 Å². The lowest BCUT2D eigenvalue weighted by molar-refractivity contribution is 0.123. The molecule has 0 heterocycles. The lowest BCUT2D eigenvalue weighted by Crippen LogP contribution is -2.43. The molecule has 0 amide bonds. The molecule has 2 aliphatic carbocycles. The number of guanidine groups is 1. The second-order valence-corrected chi connectivity index (χ2v) is 7.07. The molecular weight excluding hydrogens is 288 g/mol. The standard InChI is InChI=1S/C18H36N4O/c1-19-18(20-11-6-14-23-15-16-9-10-16)21-12-13-22(2)17-7-4-3-5-8-17/h16-17H,3-15H2,1-2H3,(H2,19,20,21). The Morgan fingerprint density at radius 2 is 1.83 bits per heavy atom. The Labute approximate surface area is 142 Å². The van der Waals surface area contributed by atoms with Crippen LogP contribution in [0.15, 0.2) is 4.99 Å². The minimum atomic E-state index is 0.782. The van der Waals surface area contributed by atoms with Crippen LogP contribution in [0.5, 0.6) is 0 Å². The highest BCUT2D eigenvalue weighted by atomic mass is 16.5. The Kier molecular flexibility index (Phi) is 8.76. The molecule has 0 spiro atoms. The summed E-state index contributed by atoms with van der Waals surface area (Å²) in [7, 11) is 4.09. The van der Waals surface area contributed by atoms with Crippen molar-refractivity contribution in [2.24, 2.45) is 10.9 Å². The topological polar surface area (TPSA) is 48.9 Å². The van der Waals surface area contributed by atoms with Gasteiger partial charge in [-0.05, 0) is 45.1 Å². The highest BCUT2D eigenvalue weighted by Crippen LogP contribution is 2.28. The van der Waals surface area contributed by atoms with Crippen LogP contribution >= 0.6 is 0 Å². The van der Waals surface area contributed by atoms with E-state index >= 15 is 0 Å². The predicted molar refractivity (Wildman–Crippen MR) is 97.0 cm³/mol. The Morgan fingerprint density at radius 1 is 1.09 bits per heavy atom. The van der Waals surface area contributed by atoms with Crippen molar-refractivity contribution in [1.29, 1.82) is 0 Å². The van der Waals surface area contributed by atoms with Crippen molar-refractivity contribution in [2.75, 3.05) is 46.9 Å². The van der Waals surface area contributed by atoms with Gasteiger partial charge in [0, 0.05) is 45.9 Å². The monoisotopic (exact) mass is 324 g/mol. The zero-order chi connectivity index (χ0) is 16.3. The predicted octanol–water partition coefficient (Wildman–Crippen LogP) is 2.23. The van der Waals surface area contributed by atoms with E-state index in [1.165, 1.54) is 44.9 Å². The molecule has 0 aromatic carbocycles. The molecule has 0 bridgehead atoms. The number of hydrogen-bond donors (Lipinski definition) is 2. The maximum absolute atomic E-state index is 5.65.